The molecule has 7 nitrogen and oxygen atoms in total. The summed E-state index contributed by atoms with van der Waals surface area (Å²) in [5.74, 6) is -0.177. The Morgan fingerprint density at radius 3 is 2.90 bits per heavy atom. The van der Waals surface area contributed by atoms with Crippen LogP contribution in [0.3, 0.4) is 0 Å². The van der Waals surface area contributed by atoms with Crippen LogP contribution in [-0.4, -0.2) is 26.1 Å². The average molecular weight is 292 g/mol. The highest BCUT2D eigenvalue weighted by molar-refractivity contribution is 7.99. The molecule has 20 heavy (non-hydrogen) atoms. The number of thioether (sulfide) groups is 1. The molecule has 0 fully saturated rings. The van der Waals surface area contributed by atoms with Gasteiger partial charge in [-0.1, -0.05) is 23.9 Å². The van der Waals surface area contributed by atoms with Gasteiger partial charge in [-0.25, -0.2) is 4.98 Å². The van der Waals surface area contributed by atoms with Crippen LogP contribution < -0.4 is 5.32 Å². The van der Waals surface area contributed by atoms with Crippen LogP contribution in [0.5, 0.6) is 0 Å². The molecule has 0 saturated carbocycles. The lowest BCUT2D eigenvalue weighted by molar-refractivity contribution is -0.383. The van der Waals surface area contributed by atoms with Gasteiger partial charge < -0.3 is 9.88 Å². The molecular weight excluding hydrogens is 280 g/mol. The van der Waals surface area contributed by atoms with Crippen LogP contribution in [0, 0.1) is 10.1 Å². The van der Waals surface area contributed by atoms with Gasteiger partial charge in [0.05, 0.1) is 10.7 Å². The zero-order valence-electron chi connectivity index (χ0n) is 10.6. The number of aromatic nitrogens is 2. The number of benzene rings is 1. The number of rotatable bonds is 5. The van der Waals surface area contributed by atoms with Crippen molar-refractivity contribution in [3.8, 4) is 0 Å². The summed E-state index contributed by atoms with van der Waals surface area (Å²) < 4.78 is 1.79. The number of imidazole rings is 1. The van der Waals surface area contributed by atoms with Crippen molar-refractivity contribution < 1.29 is 9.72 Å². The minimum atomic E-state index is -0.526. The Hall–Kier alpha value is -2.35. The summed E-state index contributed by atoms with van der Waals surface area (Å²) in [5.41, 5.74) is 0.0748. The first-order valence-corrected chi connectivity index (χ1v) is 6.70. The Bertz CT molecular complexity index is 641. The number of anilines is 1. The Morgan fingerprint density at radius 2 is 2.25 bits per heavy atom. The first-order chi connectivity index (χ1) is 9.58. The zero-order chi connectivity index (χ0) is 14.5. The van der Waals surface area contributed by atoms with Gasteiger partial charge in [-0.15, -0.1) is 0 Å². The van der Waals surface area contributed by atoms with Gasteiger partial charge in [0.15, 0.2) is 5.16 Å². The predicted octanol–water partition coefficient (Wildman–Crippen LogP) is 2.06. The summed E-state index contributed by atoms with van der Waals surface area (Å²) in [5, 5.41) is 14.1. The van der Waals surface area contributed by atoms with Gasteiger partial charge in [0, 0.05) is 25.5 Å². The number of aryl methyl sites for hydroxylation is 1. The number of nitro benzene ring substituents is 1. The number of hydrogen-bond donors (Lipinski definition) is 1. The van der Waals surface area contributed by atoms with E-state index in [1.165, 1.54) is 23.9 Å². The van der Waals surface area contributed by atoms with Crippen molar-refractivity contribution in [1.29, 1.82) is 0 Å². The highest BCUT2D eigenvalue weighted by Gasteiger charge is 2.15. The number of nitrogens with one attached hydrogen (secondary N) is 1. The number of carbonyl (C=O) groups is 1. The molecule has 104 valence electrons. The van der Waals surface area contributed by atoms with Crippen LogP contribution in [0.1, 0.15) is 0 Å². The summed E-state index contributed by atoms with van der Waals surface area (Å²) in [6, 6.07) is 6.04. The normalized spacial score (nSPS) is 10.2. The SMILES string of the molecule is Cn1ccnc1SCC(=O)Nc1ccccc1[N+](=O)[O-]. The Balaban J connectivity index is 1.98. The Labute approximate surface area is 119 Å². The van der Waals surface area contributed by atoms with E-state index in [1.807, 2.05) is 7.05 Å². The highest BCUT2D eigenvalue weighted by atomic mass is 32.2. The molecule has 1 amide bonds. The maximum absolute atomic E-state index is 11.8. The number of amides is 1. The second-order valence-corrected chi connectivity index (χ2v) is 4.87. The standard InChI is InChI=1S/C12H12N4O3S/c1-15-7-6-13-12(15)20-8-11(17)14-9-4-2-3-5-10(9)16(18)19/h2-7H,8H2,1H3,(H,14,17). The van der Waals surface area contributed by atoms with E-state index in [0.717, 1.165) is 0 Å². The summed E-state index contributed by atoms with van der Waals surface area (Å²) in [6.07, 6.45) is 3.42. The third-order valence-corrected chi connectivity index (χ3v) is 3.54. The number of hydrogen-bond acceptors (Lipinski definition) is 5. The van der Waals surface area contributed by atoms with E-state index >= 15 is 0 Å². The van der Waals surface area contributed by atoms with Gasteiger partial charge in [-0.3, -0.25) is 14.9 Å². The second kappa shape index (κ2) is 6.20. The van der Waals surface area contributed by atoms with Crippen LogP contribution in [0.15, 0.2) is 41.8 Å². The summed E-state index contributed by atoms with van der Waals surface area (Å²) in [6.45, 7) is 0. The molecule has 0 aliphatic heterocycles. The van der Waals surface area contributed by atoms with Crippen LogP contribution in [0.2, 0.25) is 0 Å². The van der Waals surface area contributed by atoms with Gasteiger partial charge in [-0.2, -0.15) is 0 Å². The monoisotopic (exact) mass is 292 g/mol. The third-order valence-electron chi connectivity index (χ3n) is 2.48. The van der Waals surface area contributed by atoms with E-state index in [9.17, 15) is 14.9 Å². The fraction of sp³-hybridized carbons (Fsp3) is 0.167. The molecule has 0 aliphatic carbocycles. The van der Waals surface area contributed by atoms with E-state index in [1.54, 1.807) is 29.1 Å². The number of nitro groups is 1. The molecule has 1 aromatic heterocycles. The van der Waals surface area contributed by atoms with Crippen LogP contribution in [-0.2, 0) is 11.8 Å². The Morgan fingerprint density at radius 1 is 1.50 bits per heavy atom. The van der Waals surface area contributed by atoms with Crippen LogP contribution in [0.25, 0.3) is 0 Å². The van der Waals surface area contributed by atoms with E-state index in [4.69, 9.17) is 0 Å². The molecule has 2 aromatic rings. The summed E-state index contributed by atoms with van der Waals surface area (Å²) in [4.78, 5) is 26.2. The van der Waals surface area contributed by atoms with Gasteiger partial charge in [0.1, 0.15) is 5.69 Å². The lowest BCUT2D eigenvalue weighted by Gasteiger charge is -2.05. The van der Waals surface area contributed by atoms with Crippen LogP contribution in [0.4, 0.5) is 11.4 Å². The number of para-hydroxylation sites is 2. The topological polar surface area (TPSA) is 90.1 Å². The number of carbonyl (C=O) groups excluding carboxylic acids is 1. The molecule has 1 heterocycles. The van der Waals surface area contributed by atoms with E-state index < -0.39 is 4.92 Å². The first kappa shape index (κ1) is 14.1. The molecule has 1 aromatic carbocycles. The maximum atomic E-state index is 11.8. The van der Waals surface area contributed by atoms with Gasteiger partial charge in [-0.05, 0) is 6.07 Å². The fourth-order valence-electron chi connectivity index (χ4n) is 1.55. The van der Waals surface area contributed by atoms with Crippen molar-refractivity contribution >= 4 is 29.0 Å². The maximum Gasteiger partial charge on any atom is 0.292 e. The molecule has 1 N–H and O–H groups in total. The van der Waals surface area contributed by atoms with Crippen molar-refractivity contribution in [2.24, 2.45) is 7.05 Å². The molecular formula is C12H12N4O3S. The van der Waals surface area contributed by atoms with Crippen molar-refractivity contribution in [3.63, 3.8) is 0 Å². The molecule has 0 radical (unpaired) electrons. The minimum Gasteiger partial charge on any atom is -0.329 e. The van der Waals surface area contributed by atoms with Crippen molar-refractivity contribution in [2.45, 2.75) is 5.16 Å². The van der Waals surface area contributed by atoms with Gasteiger partial charge >= 0.3 is 0 Å². The van der Waals surface area contributed by atoms with Gasteiger partial charge in [0.25, 0.3) is 5.69 Å². The first-order valence-electron chi connectivity index (χ1n) is 5.71. The minimum absolute atomic E-state index is 0.122. The molecule has 0 saturated heterocycles. The smallest absolute Gasteiger partial charge is 0.292 e. The lowest BCUT2D eigenvalue weighted by Crippen LogP contribution is -2.15. The molecule has 2 rings (SSSR count). The highest BCUT2D eigenvalue weighted by Crippen LogP contribution is 2.23. The fourth-order valence-corrected chi connectivity index (χ4v) is 2.28. The molecule has 0 unspecified atom stereocenters. The molecule has 0 bridgehead atoms. The third kappa shape index (κ3) is 3.35. The van der Waals surface area contributed by atoms with Crippen LogP contribution >= 0.6 is 11.8 Å². The largest absolute Gasteiger partial charge is 0.329 e. The van der Waals surface area contributed by atoms with Crippen molar-refractivity contribution in [1.82, 2.24) is 9.55 Å². The predicted molar refractivity (Wildman–Crippen MR) is 75.7 cm³/mol. The molecule has 0 aliphatic rings. The lowest BCUT2D eigenvalue weighted by atomic mass is 10.2. The average Bonchev–Trinajstić information content (AvgIpc) is 2.82. The van der Waals surface area contributed by atoms with E-state index in [2.05, 4.69) is 10.3 Å². The van der Waals surface area contributed by atoms with E-state index in [0.29, 0.717) is 5.16 Å². The Kier molecular flexibility index (Phi) is 4.36. The summed E-state index contributed by atoms with van der Waals surface area (Å²) >= 11 is 1.27. The van der Waals surface area contributed by atoms with E-state index in [-0.39, 0.29) is 23.0 Å². The number of nitrogens with zero attached hydrogens (tertiary/aromatic N) is 3. The van der Waals surface area contributed by atoms with Gasteiger partial charge in [0.2, 0.25) is 5.91 Å². The molecule has 8 heteroatoms. The van der Waals surface area contributed by atoms with Crippen molar-refractivity contribution in [2.75, 3.05) is 11.1 Å². The molecule has 0 spiro atoms. The zero-order valence-corrected chi connectivity index (χ0v) is 11.5. The van der Waals surface area contributed by atoms with Crippen molar-refractivity contribution in [3.05, 3.63) is 46.8 Å². The quantitative estimate of drug-likeness (QED) is 0.517. The molecule has 0 atom stereocenters. The second-order valence-electron chi connectivity index (χ2n) is 3.93. The summed E-state index contributed by atoms with van der Waals surface area (Å²) in [7, 11) is 1.83.